The van der Waals surface area contributed by atoms with E-state index in [4.69, 9.17) is 0 Å². The van der Waals surface area contributed by atoms with E-state index >= 15 is 0 Å². The molecule has 0 aliphatic rings. The minimum Gasteiger partial charge on any atom is -0.237 e. The Morgan fingerprint density at radius 3 is 2.80 bits per heavy atom. The van der Waals surface area contributed by atoms with Crippen LogP contribution in [0.25, 0.3) is 11.4 Å². The molecule has 0 amide bonds. The fraction of sp³-hybridized carbons (Fsp3) is 0.0909. The third-order valence-corrected chi connectivity index (χ3v) is 3.00. The molecule has 2 nitrogen and oxygen atoms in total. The topological polar surface area (TPSA) is 25.8 Å². The van der Waals surface area contributed by atoms with Gasteiger partial charge in [-0.2, -0.15) is 0 Å². The zero-order valence-electron chi connectivity index (χ0n) is 7.82. The van der Waals surface area contributed by atoms with Crippen LogP contribution in [0, 0.1) is 0 Å². The van der Waals surface area contributed by atoms with Crippen LogP contribution in [0.15, 0.2) is 41.0 Å². The third-order valence-electron chi connectivity index (χ3n) is 1.93. The summed E-state index contributed by atoms with van der Waals surface area (Å²) in [6.07, 6.45) is 1.78. The molecule has 2 rings (SSSR count). The van der Waals surface area contributed by atoms with Crippen LogP contribution >= 0.6 is 31.9 Å². The van der Waals surface area contributed by atoms with Crippen molar-refractivity contribution in [3.05, 3.63) is 46.7 Å². The highest BCUT2D eigenvalue weighted by Crippen LogP contribution is 2.19. The number of hydrogen-bond acceptors (Lipinski definition) is 2. The molecule has 0 N–H and O–H groups in total. The van der Waals surface area contributed by atoms with Gasteiger partial charge in [-0.15, -0.1) is 0 Å². The largest absolute Gasteiger partial charge is 0.237 e. The first-order valence-electron chi connectivity index (χ1n) is 4.43. The smallest absolute Gasteiger partial charge is 0.159 e. The van der Waals surface area contributed by atoms with Crippen LogP contribution in [0.2, 0.25) is 0 Å². The molecule has 0 bridgehead atoms. The number of benzene rings is 1. The molecule has 0 aliphatic heterocycles. The van der Waals surface area contributed by atoms with E-state index in [2.05, 4.69) is 41.8 Å². The summed E-state index contributed by atoms with van der Waals surface area (Å²) in [5, 5.41) is 0.747. The maximum atomic E-state index is 4.42. The molecule has 0 atom stereocenters. The van der Waals surface area contributed by atoms with Gasteiger partial charge in [-0.05, 0) is 18.2 Å². The minimum atomic E-state index is 0.747. The standard InChI is InChI=1S/C11H8Br2N2/c12-7-10-4-5-14-11(15-10)8-2-1-3-9(13)6-8/h1-6H,7H2. The first kappa shape index (κ1) is 10.8. The average Bonchev–Trinajstić information content (AvgIpc) is 2.29. The Kier molecular flexibility index (Phi) is 3.49. The molecule has 0 aliphatic carbocycles. The molecule has 0 fully saturated rings. The molecular weight excluding hydrogens is 320 g/mol. The lowest BCUT2D eigenvalue weighted by atomic mass is 10.2. The molecule has 4 heteroatoms. The quantitative estimate of drug-likeness (QED) is 0.784. The van der Waals surface area contributed by atoms with E-state index in [1.165, 1.54) is 0 Å². The summed E-state index contributed by atoms with van der Waals surface area (Å²) in [7, 11) is 0. The molecule has 0 saturated heterocycles. The minimum absolute atomic E-state index is 0.747. The van der Waals surface area contributed by atoms with Crippen LogP contribution in [0.1, 0.15) is 5.69 Å². The lowest BCUT2D eigenvalue weighted by molar-refractivity contribution is 1.10. The summed E-state index contributed by atoms with van der Waals surface area (Å²) in [6.45, 7) is 0. The number of alkyl halides is 1. The lowest BCUT2D eigenvalue weighted by Crippen LogP contribution is -1.92. The summed E-state index contributed by atoms with van der Waals surface area (Å²) in [5.41, 5.74) is 2.01. The van der Waals surface area contributed by atoms with Gasteiger partial charge in [-0.25, -0.2) is 9.97 Å². The van der Waals surface area contributed by atoms with Crippen LogP contribution in [0.4, 0.5) is 0 Å². The highest BCUT2D eigenvalue weighted by Gasteiger charge is 2.02. The van der Waals surface area contributed by atoms with Crippen molar-refractivity contribution in [1.82, 2.24) is 9.97 Å². The van der Waals surface area contributed by atoms with Crippen molar-refractivity contribution in [3.63, 3.8) is 0 Å². The molecule has 0 radical (unpaired) electrons. The first-order chi connectivity index (χ1) is 7.29. The van der Waals surface area contributed by atoms with E-state index in [0.29, 0.717) is 0 Å². The van der Waals surface area contributed by atoms with E-state index in [-0.39, 0.29) is 0 Å². The Labute approximate surface area is 105 Å². The zero-order chi connectivity index (χ0) is 10.7. The molecule has 0 saturated carbocycles. The van der Waals surface area contributed by atoms with Crippen LogP contribution in [0.5, 0.6) is 0 Å². The monoisotopic (exact) mass is 326 g/mol. The Morgan fingerprint density at radius 2 is 2.07 bits per heavy atom. The predicted octanol–water partition coefficient (Wildman–Crippen LogP) is 3.80. The van der Waals surface area contributed by atoms with Gasteiger partial charge in [0.25, 0.3) is 0 Å². The van der Waals surface area contributed by atoms with E-state index in [1.807, 2.05) is 30.3 Å². The van der Waals surface area contributed by atoms with E-state index in [0.717, 1.165) is 26.9 Å². The van der Waals surface area contributed by atoms with E-state index in [1.54, 1.807) is 6.20 Å². The molecule has 1 aromatic heterocycles. The second-order valence-corrected chi connectivity index (χ2v) is 4.49. The second-order valence-electron chi connectivity index (χ2n) is 3.02. The lowest BCUT2D eigenvalue weighted by Gasteiger charge is -2.01. The van der Waals surface area contributed by atoms with Gasteiger partial charge < -0.3 is 0 Å². The molecule has 1 heterocycles. The van der Waals surface area contributed by atoms with Crippen molar-refractivity contribution >= 4 is 31.9 Å². The predicted molar refractivity (Wildman–Crippen MR) is 67.8 cm³/mol. The van der Waals surface area contributed by atoms with Gasteiger partial charge in [-0.3, -0.25) is 0 Å². The number of rotatable bonds is 2. The summed E-state index contributed by atoms with van der Waals surface area (Å²) >= 11 is 6.81. The van der Waals surface area contributed by atoms with Crippen LogP contribution < -0.4 is 0 Å². The molecule has 15 heavy (non-hydrogen) atoms. The SMILES string of the molecule is BrCc1ccnc(-c2cccc(Br)c2)n1. The fourth-order valence-corrected chi connectivity index (χ4v) is 1.95. The van der Waals surface area contributed by atoms with Crippen molar-refractivity contribution in [3.8, 4) is 11.4 Å². The average molecular weight is 328 g/mol. The molecular formula is C11H8Br2N2. The molecule has 0 unspecified atom stereocenters. The van der Waals surface area contributed by atoms with Gasteiger partial charge in [0.2, 0.25) is 0 Å². The van der Waals surface area contributed by atoms with Gasteiger partial charge in [-0.1, -0.05) is 44.0 Å². The van der Waals surface area contributed by atoms with Gasteiger partial charge in [0.1, 0.15) is 0 Å². The van der Waals surface area contributed by atoms with Crippen LogP contribution in [-0.4, -0.2) is 9.97 Å². The molecule has 1 aromatic carbocycles. The first-order valence-corrected chi connectivity index (χ1v) is 6.35. The molecule has 0 spiro atoms. The van der Waals surface area contributed by atoms with E-state index < -0.39 is 0 Å². The zero-order valence-corrected chi connectivity index (χ0v) is 11.0. The molecule has 2 aromatic rings. The molecule has 76 valence electrons. The number of nitrogens with zero attached hydrogens (tertiary/aromatic N) is 2. The van der Waals surface area contributed by atoms with Crippen molar-refractivity contribution in [1.29, 1.82) is 0 Å². The van der Waals surface area contributed by atoms with Crippen LogP contribution in [0.3, 0.4) is 0 Å². The summed E-state index contributed by atoms with van der Waals surface area (Å²) in [4.78, 5) is 8.67. The number of aromatic nitrogens is 2. The number of halogens is 2. The summed E-state index contributed by atoms with van der Waals surface area (Å²) in [5.74, 6) is 0.758. The number of hydrogen-bond donors (Lipinski definition) is 0. The Morgan fingerprint density at radius 1 is 1.20 bits per heavy atom. The van der Waals surface area contributed by atoms with Gasteiger partial charge >= 0.3 is 0 Å². The van der Waals surface area contributed by atoms with Crippen molar-refractivity contribution < 1.29 is 0 Å². The van der Waals surface area contributed by atoms with Crippen molar-refractivity contribution in [2.45, 2.75) is 5.33 Å². The fourth-order valence-electron chi connectivity index (χ4n) is 1.24. The van der Waals surface area contributed by atoms with Crippen molar-refractivity contribution in [2.24, 2.45) is 0 Å². The normalized spacial score (nSPS) is 10.3. The van der Waals surface area contributed by atoms with Gasteiger partial charge in [0.05, 0.1) is 5.69 Å². The van der Waals surface area contributed by atoms with Gasteiger partial charge in [0.15, 0.2) is 5.82 Å². The summed E-state index contributed by atoms with van der Waals surface area (Å²) in [6, 6.07) is 9.86. The summed E-state index contributed by atoms with van der Waals surface area (Å²) < 4.78 is 1.04. The maximum Gasteiger partial charge on any atom is 0.159 e. The van der Waals surface area contributed by atoms with Crippen LogP contribution in [-0.2, 0) is 5.33 Å². The van der Waals surface area contributed by atoms with Crippen molar-refractivity contribution in [2.75, 3.05) is 0 Å². The maximum absolute atomic E-state index is 4.42. The Hall–Kier alpha value is -0.740. The highest BCUT2D eigenvalue weighted by atomic mass is 79.9. The Balaban J connectivity index is 2.44. The Bertz CT molecular complexity index is 472. The van der Waals surface area contributed by atoms with E-state index in [9.17, 15) is 0 Å². The second kappa shape index (κ2) is 4.86. The third kappa shape index (κ3) is 2.63. The highest BCUT2D eigenvalue weighted by molar-refractivity contribution is 9.10. The van der Waals surface area contributed by atoms with Gasteiger partial charge in [0, 0.05) is 21.6 Å².